The lowest BCUT2D eigenvalue weighted by Gasteiger charge is -2.01. The fourth-order valence-electron chi connectivity index (χ4n) is 1.75. The summed E-state index contributed by atoms with van der Waals surface area (Å²) in [6.45, 7) is 0. The summed E-state index contributed by atoms with van der Waals surface area (Å²) in [7, 11) is 0. The second-order valence-corrected chi connectivity index (χ2v) is 4.43. The Morgan fingerprint density at radius 3 is 2.45 bits per heavy atom. The zero-order chi connectivity index (χ0) is 15.8. The predicted molar refractivity (Wildman–Crippen MR) is 81.8 cm³/mol. The smallest absolute Gasteiger partial charge is 0.328 e. The molecule has 5 heteroatoms. The first kappa shape index (κ1) is 15.1. The molecule has 0 radical (unpaired) electrons. The van der Waals surface area contributed by atoms with Crippen molar-refractivity contribution in [3.05, 3.63) is 72.1 Å². The van der Waals surface area contributed by atoms with Gasteiger partial charge in [0.25, 0.3) is 0 Å². The van der Waals surface area contributed by atoms with Crippen LogP contribution >= 0.6 is 0 Å². The van der Waals surface area contributed by atoms with Crippen LogP contribution in [0.25, 0.3) is 11.4 Å². The van der Waals surface area contributed by atoms with Gasteiger partial charge >= 0.3 is 5.97 Å². The minimum Gasteiger partial charge on any atom is -0.478 e. The summed E-state index contributed by atoms with van der Waals surface area (Å²) in [6.07, 6.45) is 9.85. The highest BCUT2D eigenvalue weighted by Crippen LogP contribution is 2.15. The maximum Gasteiger partial charge on any atom is 0.328 e. The van der Waals surface area contributed by atoms with Gasteiger partial charge in [0, 0.05) is 24.0 Å². The molecule has 0 aliphatic heterocycles. The monoisotopic (exact) mass is 291 g/mol. The number of hydrogen-bond acceptors (Lipinski definition) is 4. The molecule has 0 aliphatic rings. The normalized spacial score (nSPS) is 10.9. The van der Waals surface area contributed by atoms with Crippen LogP contribution in [0.2, 0.25) is 0 Å². The zero-order valence-electron chi connectivity index (χ0n) is 11.7. The largest absolute Gasteiger partial charge is 0.478 e. The lowest BCUT2D eigenvalue weighted by atomic mass is 10.1. The van der Waals surface area contributed by atoms with Crippen molar-refractivity contribution >= 4 is 5.97 Å². The summed E-state index contributed by atoms with van der Waals surface area (Å²) >= 11 is 0. The van der Waals surface area contributed by atoms with Crippen molar-refractivity contribution in [2.45, 2.75) is 6.42 Å². The van der Waals surface area contributed by atoms with Gasteiger partial charge in [-0.2, -0.15) is 5.26 Å². The Balaban J connectivity index is 2.00. The molecular formula is C17H13N3O2. The van der Waals surface area contributed by atoms with Gasteiger partial charge in [-0.05, 0) is 12.0 Å². The molecule has 1 aromatic heterocycles. The highest BCUT2D eigenvalue weighted by Gasteiger charge is 2.01. The molecule has 1 N–H and O–H groups in total. The molecule has 0 unspecified atom stereocenters. The molecule has 0 bridgehead atoms. The van der Waals surface area contributed by atoms with Crippen LogP contribution < -0.4 is 0 Å². The molecule has 0 saturated carbocycles. The second kappa shape index (κ2) is 7.50. The van der Waals surface area contributed by atoms with E-state index in [1.165, 1.54) is 18.5 Å². The van der Waals surface area contributed by atoms with E-state index in [0.717, 1.165) is 17.2 Å². The van der Waals surface area contributed by atoms with Crippen molar-refractivity contribution in [1.29, 1.82) is 5.26 Å². The number of carboxylic acids is 1. The van der Waals surface area contributed by atoms with Crippen LogP contribution in [-0.2, 0) is 11.2 Å². The maximum absolute atomic E-state index is 10.3. The van der Waals surface area contributed by atoms with Crippen LogP contribution in [0.1, 0.15) is 11.1 Å². The number of aliphatic carboxylic acids is 1. The Bertz CT molecular complexity index is 739. The van der Waals surface area contributed by atoms with E-state index in [-0.39, 0.29) is 0 Å². The summed E-state index contributed by atoms with van der Waals surface area (Å²) in [6, 6.07) is 9.73. The fourth-order valence-corrected chi connectivity index (χ4v) is 1.75. The average Bonchev–Trinajstić information content (AvgIpc) is 2.55. The van der Waals surface area contributed by atoms with Gasteiger partial charge in [-0.25, -0.2) is 14.8 Å². The number of carboxylic acid groups (broad SMARTS) is 1. The molecule has 0 aliphatic carbocycles. The minimum atomic E-state index is -0.962. The maximum atomic E-state index is 10.3. The van der Waals surface area contributed by atoms with E-state index >= 15 is 0 Å². The van der Waals surface area contributed by atoms with Crippen LogP contribution in [0, 0.1) is 11.3 Å². The van der Waals surface area contributed by atoms with Crippen LogP contribution in [-0.4, -0.2) is 21.0 Å². The highest BCUT2D eigenvalue weighted by molar-refractivity contribution is 5.80. The minimum absolute atomic E-state index is 0.430. The van der Waals surface area contributed by atoms with Gasteiger partial charge in [0.05, 0.1) is 5.56 Å². The van der Waals surface area contributed by atoms with Gasteiger partial charge in [-0.3, -0.25) is 0 Å². The van der Waals surface area contributed by atoms with Gasteiger partial charge in [-0.1, -0.05) is 42.5 Å². The van der Waals surface area contributed by atoms with E-state index in [9.17, 15) is 4.79 Å². The lowest BCUT2D eigenvalue weighted by molar-refractivity contribution is -0.131. The Kier molecular flexibility index (Phi) is 5.16. The first-order valence-electron chi connectivity index (χ1n) is 6.56. The lowest BCUT2D eigenvalue weighted by Crippen LogP contribution is -1.90. The molecule has 0 fully saturated rings. The van der Waals surface area contributed by atoms with Crippen molar-refractivity contribution in [3.8, 4) is 17.5 Å². The van der Waals surface area contributed by atoms with Gasteiger partial charge in [0.2, 0.25) is 0 Å². The summed E-state index contributed by atoms with van der Waals surface area (Å²) in [5, 5.41) is 17.2. The number of allylic oxidation sites excluding steroid dienone is 3. The SMILES string of the molecule is N#Cc1cnc(-c2ccc(C/C=C/C=C/C(=O)O)cc2)nc1. The molecule has 2 aromatic rings. The first-order valence-corrected chi connectivity index (χ1v) is 6.56. The van der Waals surface area contributed by atoms with Crippen molar-refractivity contribution in [1.82, 2.24) is 9.97 Å². The van der Waals surface area contributed by atoms with E-state index < -0.39 is 5.97 Å². The molecule has 1 aromatic carbocycles. The van der Waals surface area contributed by atoms with Gasteiger partial charge in [0.1, 0.15) is 6.07 Å². The molecule has 2 rings (SSSR count). The van der Waals surface area contributed by atoms with E-state index in [1.807, 2.05) is 36.4 Å². The highest BCUT2D eigenvalue weighted by atomic mass is 16.4. The Labute approximate surface area is 127 Å². The first-order chi connectivity index (χ1) is 10.7. The van der Waals surface area contributed by atoms with Gasteiger partial charge in [0.15, 0.2) is 5.82 Å². The molecule has 0 saturated heterocycles. The fraction of sp³-hybridized carbons (Fsp3) is 0.0588. The van der Waals surface area contributed by atoms with E-state index in [2.05, 4.69) is 9.97 Å². The van der Waals surface area contributed by atoms with E-state index in [4.69, 9.17) is 10.4 Å². The number of nitrogens with zero attached hydrogens (tertiary/aromatic N) is 3. The van der Waals surface area contributed by atoms with Crippen LogP contribution in [0.5, 0.6) is 0 Å². The topological polar surface area (TPSA) is 86.9 Å². The molecule has 0 amide bonds. The third-order valence-corrected chi connectivity index (χ3v) is 2.83. The second-order valence-electron chi connectivity index (χ2n) is 4.43. The summed E-state index contributed by atoms with van der Waals surface area (Å²) in [4.78, 5) is 18.6. The summed E-state index contributed by atoms with van der Waals surface area (Å²) in [5.74, 6) is -0.387. The standard InChI is InChI=1S/C17H13N3O2/c18-10-14-11-19-17(20-12-14)15-8-6-13(7-9-15)4-2-1-3-5-16(21)22/h1-3,5-9,11-12H,4H2,(H,21,22)/b2-1+,5-3+. The number of hydrogen-bond donors (Lipinski definition) is 1. The molecule has 5 nitrogen and oxygen atoms in total. The number of nitriles is 1. The number of benzene rings is 1. The predicted octanol–water partition coefficient (Wildman–Crippen LogP) is 2.75. The third kappa shape index (κ3) is 4.39. The molecule has 1 heterocycles. The van der Waals surface area contributed by atoms with Crippen molar-refractivity contribution in [2.24, 2.45) is 0 Å². The Morgan fingerprint density at radius 1 is 1.18 bits per heavy atom. The molecule has 22 heavy (non-hydrogen) atoms. The van der Waals surface area contributed by atoms with Crippen molar-refractivity contribution in [3.63, 3.8) is 0 Å². The van der Waals surface area contributed by atoms with Gasteiger partial charge < -0.3 is 5.11 Å². The number of aromatic nitrogens is 2. The molecular weight excluding hydrogens is 278 g/mol. The van der Waals surface area contributed by atoms with Gasteiger partial charge in [-0.15, -0.1) is 0 Å². The van der Waals surface area contributed by atoms with Crippen LogP contribution in [0.4, 0.5) is 0 Å². The molecule has 108 valence electrons. The summed E-state index contributed by atoms with van der Waals surface area (Å²) < 4.78 is 0. The van der Waals surface area contributed by atoms with E-state index in [1.54, 1.807) is 6.08 Å². The zero-order valence-corrected chi connectivity index (χ0v) is 11.7. The van der Waals surface area contributed by atoms with Crippen molar-refractivity contribution < 1.29 is 9.90 Å². The Morgan fingerprint density at radius 2 is 1.86 bits per heavy atom. The third-order valence-electron chi connectivity index (χ3n) is 2.83. The molecule has 0 atom stereocenters. The number of carbonyl (C=O) groups is 1. The Hall–Kier alpha value is -3.26. The van der Waals surface area contributed by atoms with E-state index in [0.29, 0.717) is 17.8 Å². The molecule has 0 spiro atoms. The quantitative estimate of drug-likeness (QED) is 0.676. The number of rotatable bonds is 5. The summed E-state index contributed by atoms with van der Waals surface area (Å²) in [5.41, 5.74) is 2.40. The van der Waals surface area contributed by atoms with Crippen LogP contribution in [0.15, 0.2) is 61.0 Å². The average molecular weight is 291 g/mol. The van der Waals surface area contributed by atoms with Crippen LogP contribution in [0.3, 0.4) is 0 Å². The van der Waals surface area contributed by atoms with Crippen molar-refractivity contribution in [2.75, 3.05) is 0 Å².